The van der Waals surface area contributed by atoms with E-state index in [0.29, 0.717) is 12.1 Å². The topological polar surface area (TPSA) is 38.0 Å². The van der Waals surface area contributed by atoms with E-state index in [2.05, 4.69) is 5.32 Å². The number of nitrogens with one attached hydrogen (secondary N) is 1. The number of nitrogens with two attached hydrogens (primary N) is 1. The largest absolute Gasteiger partial charge is 0.446 e. The number of anilines is 1. The Morgan fingerprint density at radius 1 is 1.05 bits per heavy atom. The molecule has 1 aliphatic rings. The van der Waals surface area contributed by atoms with Crippen LogP contribution in [0.5, 0.6) is 0 Å². The molecule has 1 aliphatic carbocycles. The molecule has 1 aromatic rings. The van der Waals surface area contributed by atoms with Gasteiger partial charge in [0.2, 0.25) is 0 Å². The zero-order valence-corrected chi connectivity index (χ0v) is 11.2. The predicted molar refractivity (Wildman–Crippen MR) is 72.2 cm³/mol. The van der Waals surface area contributed by atoms with Gasteiger partial charge in [0, 0.05) is 22.7 Å². The Kier molecular flexibility index (Phi) is 4.62. The first kappa shape index (κ1) is 14.5. The fourth-order valence-corrected chi connectivity index (χ4v) is 2.79. The van der Waals surface area contributed by atoms with Crippen molar-refractivity contribution in [1.82, 2.24) is 0 Å². The molecule has 2 nitrogen and oxygen atoms in total. The lowest BCUT2D eigenvalue weighted by atomic mass is 9.92. The van der Waals surface area contributed by atoms with Crippen LogP contribution < -0.4 is 11.1 Å². The van der Waals surface area contributed by atoms with Crippen LogP contribution in [0.4, 0.5) is 18.9 Å². The van der Waals surface area contributed by atoms with Crippen molar-refractivity contribution in [3.8, 4) is 0 Å². The molecule has 1 saturated carbocycles. The highest BCUT2D eigenvalue weighted by molar-refractivity contribution is 8.00. The number of alkyl halides is 3. The van der Waals surface area contributed by atoms with Crippen LogP contribution in [0, 0.1) is 0 Å². The summed E-state index contributed by atoms with van der Waals surface area (Å²) in [5.41, 5.74) is 2.47. The lowest BCUT2D eigenvalue weighted by Gasteiger charge is -2.27. The van der Waals surface area contributed by atoms with Crippen molar-refractivity contribution in [3.05, 3.63) is 24.3 Å². The van der Waals surface area contributed by atoms with Gasteiger partial charge in [-0.25, -0.2) is 0 Å². The molecule has 2 rings (SSSR count). The van der Waals surface area contributed by atoms with Gasteiger partial charge in [0.05, 0.1) is 0 Å². The van der Waals surface area contributed by atoms with Gasteiger partial charge in [-0.15, -0.1) is 0 Å². The van der Waals surface area contributed by atoms with E-state index < -0.39 is 5.51 Å². The van der Waals surface area contributed by atoms with Crippen LogP contribution in [0.3, 0.4) is 0 Å². The summed E-state index contributed by atoms with van der Waals surface area (Å²) in [5, 5.41) is 3.35. The van der Waals surface area contributed by atoms with Crippen molar-refractivity contribution in [2.24, 2.45) is 5.73 Å². The predicted octanol–water partition coefficient (Wildman–Crippen LogP) is 3.98. The second-order valence-corrected chi connectivity index (χ2v) is 5.97. The number of hydrogen-bond donors (Lipinski definition) is 2. The fraction of sp³-hybridized carbons (Fsp3) is 0.538. The Morgan fingerprint density at radius 2 is 1.63 bits per heavy atom. The smallest absolute Gasteiger partial charge is 0.382 e. The number of halogens is 3. The second-order valence-electron chi connectivity index (χ2n) is 4.83. The number of hydrogen-bond acceptors (Lipinski definition) is 3. The third-order valence-corrected chi connectivity index (χ3v) is 3.97. The maximum absolute atomic E-state index is 12.2. The van der Waals surface area contributed by atoms with Crippen LogP contribution in [-0.4, -0.2) is 17.6 Å². The van der Waals surface area contributed by atoms with Crippen molar-refractivity contribution in [2.75, 3.05) is 5.32 Å². The Labute approximate surface area is 114 Å². The molecule has 6 heteroatoms. The van der Waals surface area contributed by atoms with Gasteiger partial charge in [0.1, 0.15) is 0 Å². The van der Waals surface area contributed by atoms with Gasteiger partial charge < -0.3 is 11.1 Å². The van der Waals surface area contributed by atoms with Crippen molar-refractivity contribution in [1.29, 1.82) is 0 Å². The van der Waals surface area contributed by atoms with Crippen LogP contribution in [-0.2, 0) is 0 Å². The molecular weight excluding hydrogens is 273 g/mol. The van der Waals surface area contributed by atoms with E-state index in [1.54, 1.807) is 12.1 Å². The van der Waals surface area contributed by atoms with Gasteiger partial charge in [-0.3, -0.25) is 0 Å². The van der Waals surface area contributed by atoms with Crippen molar-refractivity contribution in [2.45, 2.75) is 48.2 Å². The minimum absolute atomic E-state index is 0.0885. The van der Waals surface area contributed by atoms with Gasteiger partial charge >= 0.3 is 5.51 Å². The molecule has 106 valence electrons. The molecule has 1 fully saturated rings. The zero-order chi connectivity index (χ0) is 13.9. The fourth-order valence-electron chi connectivity index (χ4n) is 2.25. The summed E-state index contributed by atoms with van der Waals surface area (Å²) in [5.74, 6) is 0. The summed E-state index contributed by atoms with van der Waals surface area (Å²) in [6.45, 7) is 0. The normalized spacial score (nSPS) is 24.2. The average molecular weight is 290 g/mol. The third-order valence-electron chi connectivity index (χ3n) is 3.23. The monoisotopic (exact) mass is 290 g/mol. The molecule has 0 unspecified atom stereocenters. The summed E-state index contributed by atoms with van der Waals surface area (Å²) in [6.07, 6.45) is 4.03. The van der Waals surface area contributed by atoms with Gasteiger partial charge in [0.15, 0.2) is 0 Å². The number of rotatable bonds is 3. The van der Waals surface area contributed by atoms with E-state index in [9.17, 15) is 13.2 Å². The quantitative estimate of drug-likeness (QED) is 0.827. The minimum Gasteiger partial charge on any atom is -0.382 e. The lowest BCUT2D eigenvalue weighted by molar-refractivity contribution is -0.0328. The summed E-state index contributed by atoms with van der Waals surface area (Å²) < 4.78 is 36.6. The number of benzene rings is 1. The molecule has 0 heterocycles. The first-order valence-electron chi connectivity index (χ1n) is 6.30. The van der Waals surface area contributed by atoms with Gasteiger partial charge in [-0.1, -0.05) is 0 Å². The average Bonchev–Trinajstić information content (AvgIpc) is 2.33. The Bertz CT molecular complexity index is 397. The van der Waals surface area contributed by atoms with E-state index in [4.69, 9.17) is 5.73 Å². The number of thioether (sulfide) groups is 1. The molecule has 1 aromatic carbocycles. The van der Waals surface area contributed by atoms with Gasteiger partial charge in [0.25, 0.3) is 0 Å². The van der Waals surface area contributed by atoms with Crippen LogP contribution in [0.25, 0.3) is 0 Å². The first-order chi connectivity index (χ1) is 8.92. The highest BCUT2D eigenvalue weighted by Gasteiger charge is 2.29. The maximum Gasteiger partial charge on any atom is 0.446 e. The molecule has 3 N–H and O–H groups in total. The van der Waals surface area contributed by atoms with Crippen LogP contribution in [0.2, 0.25) is 0 Å². The molecule has 0 atom stereocenters. The molecule has 0 aromatic heterocycles. The maximum atomic E-state index is 12.2. The highest BCUT2D eigenvalue weighted by Crippen LogP contribution is 2.37. The molecule has 0 bridgehead atoms. The van der Waals surface area contributed by atoms with Crippen molar-refractivity contribution >= 4 is 17.4 Å². The molecule has 0 amide bonds. The molecule has 0 spiro atoms. The SMILES string of the molecule is NC1CCC(Nc2ccc(SC(F)(F)F)cc2)CC1. The van der Waals surface area contributed by atoms with E-state index in [-0.39, 0.29) is 16.7 Å². The minimum atomic E-state index is -4.23. The Hall–Kier alpha value is -0.880. The molecule has 0 radical (unpaired) electrons. The highest BCUT2D eigenvalue weighted by atomic mass is 32.2. The molecule has 0 aliphatic heterocycles. The Balaban J connectivity index is 1.88. The van der Waals surface area contributed by atoms with Gasteiger partial charge in [-0.05, 0) is 61.7 Å². The molecule has 19 heavy (non-hydrogen) atoms. The Morgan fingerprint density at radius 3 is 2.16 bits per heavy atom. The zero-order valence-electron chi connectivity index (χ0n) is 10.4. The molecule has 0 saturated heterocycles. The van der Waals surface area contributed by atoms with Crippen molar-refractivity contribution < 1.29 is 13.2 Å². The summed E-state index contributed by atoms with van der Waals surface area (Å²) in [7, 11) is 0. The van der Waals surface area contributed by atoms with E-state index >= 15 is 0 Å². The summed E-state index contributed by atoms with van der Waals surface area (Å²) >= 11 is -0.0885. The lowest BCUT2D eigenvalue weighted by Crippen LogP contribution is -2.32. The van der Waals surface area contributed by atoms with Crippen molar-refractivity contribution in [3.63, 3.8) is 0 Å². The van der Waals surface area contributed by atoms with E-state index in [1.165, 1.54) is 12.1 Å². The van der Waals surface area contributed by atoms with Crippen LogP contribution >= 0.6 is 11.8 Å². The third kappa shape index (κ3) is 4.95. The van der Waals surface area contributed by atoms with Crippen LogP contribution in [0.1, 0.15) is 25.7 Å². The summed E-state index contributed by atoms with van der Waals surface area (Å²) in [4.78, 5) is 0.212. The second kappa shape index (κ2) is 6.05. The first-order valence-corrected chi connectivity index (χ1v) is 7.12. The van der Waals surface area contributed by atoms with E-state index in [1.807, 2.05) is 0 Å². The summed E-state index contributed by atoms with van der Waals surface area (Å²) in [6, 6.07) is 7.06. The molecular formula is C13H17F3N2S. The van der Waals surface area contributed by atoms with E-state index in [0.717, 1.165) is 31.4 Å². The van der Waals surface area contributed by atoms with Crippen LogP contribution in [0.15, 0.2) is 29.2 Å². The van der Waals surface area contributed by atoms with Gasteiger partial charge in [-0.2, -0.15) is 13.2 Å². The standard InChI is InChI=1S/C13H17F3N2S/c14-13(15,16)19-12-7-5-11(6-8-12)18-10-3-1-9(17)2-4-10/h5-10,18H,1-4,17H2.